The number of carboxylic acid groups (broad SMARTS) is 1. The molecule has 0 radical (unpaired) electrons. The maximum absolute atomic E-state index is 11.2. The monoisotopic (exact) mass is 617 g/mol. The highest BCUT2D eigenvalue weighted by atomic mass is 35.5. The number of benzene rings is 4. The molecular formula is C39H36ClNO4. The summed E-state index contributed by atoms with van der Waals surface area (Å²) in [5, 5.41) is 10.9. The molecule has 1 heterocycles. The van der Waals surface area contributed by atoms with Crippen LogP contribution in [0.2, 0.25) is 5.02 Å². The number of hydrogen-bond acceptors (Lipinski definition) is 4. The summed E-state index contributed by atoms with van der Waals surface area (Å²) in [6.07, 6.45) is 8.92. The minimum absolute atomic E-state index is 0.462. The van der Waals surface area contributed by atoms with Crippen molar-refractivity contribution in [3.8, 4) is 39.3 Å². The van der Waals surface area contributed by atoms with E-state index in [0.29, 0.717) is 24.2 Å². The lowest BCUT2D eigenvalue weighted by Crippen LogP contribution is -2.06. The number of rotatable bonds is 10. The minimum atomic E-state index is -0.940. The van der Waals surface area contributed by atoms with Crippen LogP contribution in [-0.2, 0) is 9.53 Å². The second-order valence-electron chi connectivity index (χ2n) is 11.5. The standard InChI is InChI=1S/C39H36ClNO4/c1-44-21-22-45-32-15-17-33(28-9-13-31(40)14-10-28)36(25-32)38-19-12-30-24-29(11-18-37(30)41-38)34-16-7-26(8-20-39(42)43)23-35(34)27-5-3-2-4-6-27/h7-20,23-25,27H,2-6,21-22H2,1H3,(H,42,43)/b20-8+. The Bertz CT molecular complexity index is 1840. The van der Waals surface area contributed by atoms with Crippen LogP contribution in [0.25, 0.3) is 50.5 Å². The van der Waals surface area contributed by atoms with Crippen LogP contribution in [0.4, 0.5) is 0 Å². The van der Waals surface area contributed by atoms with Crippen LogP contribution in [0, 0.1) is 0 Å². The number of carbonyl (C=O) groups is 1. The first-order valence-electron chi connectivity index (χ1n) is 15.5. The Hall–Kier alpha value is -4.45. The molecule has 0 aliphatic heterocycles. The molecule has 0 bridgehead atoms. The van der Waals surface area contributed by atoms with Crippen molar-refractivity contribution in [3.05, 3.63) is 113 Å². The van der Waals surface area contributed by atoms with Crippen molar-refractivity contribution in [1.29, 1.82) is 0 Å². The van der Waals surface area contributed by atoms with Crippen molar-refractivity contribution >= 4 is 34.5 Å². The Kier molecular flexibility index (Phi) is 9.58. The highest BCUT2D eigenvalue weighted by molar-refractivity contribution is 6.30. The molecule has 5 nitrogen and oxygen atoms in total. The number of aliphatic carboxylic acids is 1. The fourth-order valence-electron chi connectivity index (χ4n) is 6.26. The van der Waals surface area contributed by atoms with Gasteiger partial charge in [0.1, 0.15) is 12.4 Å². The van der Waals surface area contributed by atoms with Crippen molar-refractivity contribution in [2.75, 3.05) is 20.3 Å². The lowest BCUT2D eigenvalue weighted by Gasteiger charge is -2.25. The number of pyridine rings is 1. The quantitative estimate of drug-likeness (QED) is 0.125. The Morgan fingerprint density at radius 1 is 0.844 bits per heavy atom. The molecule has 1 saturated carbocycles. The number of methoxy groups -OCH3 is 1. The van der Waals surface area contributed by atoms with Gasteiger partial charge in [-0.25, -0.2) is 9.78 Å². The van der Waals surface area contributed by atoms with Crippen LogP contribution in [0.5, 0.6) is 5.75 Å². The Labute approximate surface area is 269 Å². The molecule has 6 rings (SSSR count). The van der Waals surface area contributed by atoms with Gasteiger partial charge in [0.2, 0.25) is 0 Å². The van der Waals surface area contributed by atoms with Crippen LogP contribution in [0.3, 0.4) is 0 Å². The average molecular weight is 618 g/mol. The van der Waals surface area contributed by atoms with Gasteiger partial charge in [-0.1, -0.05) is 79.4 Å². The smallest absolute Gasteiger partial charge is 0.328 e. The second kappa shape index (κ2) is 14.1. The summed E-state index contributed by atoms with van der Waals surface area (Å²) in [7, 11) is 1.66. The normalized spacial score (nSPS) is 13.8. The molecule has 0 unspecified atom stereocenters. The van der Waals surface area contributed by atoms with Gasteiger partial charge in [0.15, 0.2) is 0 Å². The largest absolute Gasteiger partial charge is 0.491 e. The molecule has 6 heteroatoms. The van der Waals surface area contributed by atoms with E-state index in [0.717, 1.165) is 63.0 Å². The van der Waals surface area contributed by atoms with Gasteiger partial charge in [-0.2, -0.15) is 0 Å². The van der Waals surface area contributed by atoms with Gasteiger partial charge in [0.25, 0.3) is 0 Å². The third-order valence-corrected chi connectivity index (χ3v) is 8.77. The molecule has 1 aromatic heterocycles. The van der Waals surface area contributed by atoms with E-state index in [9.17, 15) is 4.79 Å². The van der Waals surface area contributed by atoms with Gasteiger partial charge in [0, 0.05) is 29.2 Å². The summed E-state index contributed by atoms with van der Waals surface area (Å²) in [4.78, 5) is 16.3. The zero-order valence-corrected chi connectivity index (χ0v) is 26.1. The SMILES string of the molecule is COCCOc1ccc(-c2ccc(Cl)cc2)c(-c2ccc3cc(-c4ccc(/C=C/C(=O)O)cc4C4CCCCC4)ccc3n2)c1. The van der Waals surface area contributed by atoms with Gasteiger partial charge in [-0.05, 0) is 101 Å². The zero-order valence-electron chi connectivity index (χ0n) is 25.3. The van der Waals surface area contributed by atoms with E-state index in [-0.39, 0.29) is 0 Å². The Morgan fingerprint density at radius 3 is 2.40 bits per heavy atom. The van der Waals surface area contributed by atoms with E-state index < -0.39 is 5.97 Å². The van der Waals surface area contributed by atoms with Crippen LogP contribution >= 0.6 is 11.6 Å². The van der Waals surface area contributed by atoms with E-state index >= 15 is 0 Å². The molecule has 1 aliphatic rings. The van der Waals surface area contributed by atoms with Crippen molar-refractivity contribution in [2.45, 2.75) is 38.0 Å². The maximum atomic E-state index is 11.2. The topological polar surface area (TPSA) is 68.7 Å². The minimum Gasteiger partial charge on any atom is -0.491 e. The highest BCUT2D eigenvalue weighted by Gasteiger charge is 2.20. The first-order chi connectivity index (χ1) is 22.0. The van der Waals surface area contributed by atoms with Gasteiger partial charge >= 0.3 is 5.97 Å². The molecule has 5 aromatic rings. The van der Waals surface area contributed by atoms with Crippen molar-refractivity contribution in [2.24, 2.45) is 0 Å². The number of hydrogen-bond donors (Lipinski definition) is 1. The van der Waals surface area contributed by atoms with Gasteiger partial charge in [-0.3, -0.25) is 0 Å². The molecule has 0 atom stereocenters. The number of carboxylic acids is 1. The van der Waals surface area contributed by atoms with E-state index in [1.807, 2.05) is 42.5 Å². The van der Waals surface area contributed by atoms with Gasteiger partial charge in [0.05, 0.1) is 17.8 Å². The first kappa shape index (κ1) is 30.6. The summed E-state index contributed by atoms with van der Waals surface area (Å²) >= 11 is 6.19. The molecule has 1 aliphatic carbocycles. The maximum Gasteiger partial charge on any atom is 0.328 e. The number of nitrogens with zero attached hydrogens (tertiary/aromatic N) is 1. The zero-order chi connectivity index (χ0) is 31.2. The van der Waals surface area contributed by atoms with Crippen LogP contribution < -0.4 is 4.74 Å². The van der Waals surface area contributed by atoms with Crippen molar-refractivity contribution in [3.63, 3.8) is 0 Å². The van der Waals surface area contributed by atoms with Crippen molar-refractivity contribution in [1.82, 2.24) is 4.98 Å². The van der Waals surface area contributed by atoms with Crippen LogP contribution in [0.15, 0.2) is 97.1 Å². The average Bonchev–Trinajstić information content (AvgIpc) is 3.07. The molecule has 45 heavy (non-hydrogen) atoms. The molecule has 0 amide bonds. The number of fused-ring (bicyclic) bond motifs is 1. The summed E-state index contributed by atoms with van der Waals surface area (Å²) < 4.78 is 11.1. The predicted molar refractivity (Wildman–Crippen MR) is 183 cm³/mol. The fraction of sp³-hybridized carbons (Fsp3) is 0.231. The van der Waals surface area contributed by atoms with E-state index in [1.165, 1.54) is 36.5 Å². The lowest BCUT2D eigenvalue weighted by molar-refractivity contribution is -0.131. The number of aromatic nitrogens is 1. The first-order valence-corrected chi connectivity index (χ1v) is 15.8. The third kappa shape index (κ3) is 7.28. The molecule has 1 N–H and O–H groups in total. The summed E-state index contributed by atoms with van der Waals surface area (Å²) in [5.41, 5.74) is 9.38. The van der Waals surface area contributed by atoms with Gasteiger partial charge < -0.3 is 14.6 Å². The number of ether oxygens (including phenoxy) is 2. The van der Waals surface area contributed by atoms with E-state index in [1.54, 1.807) is 13.2 Å². The fourth-order valence-corrected chi connectivity index (χ4v) is 6.38. The molecule has 0 saturated heterocycles. The predicted octanol–water partition coefficient (Wildman–Crippen LogP) is 10.1. The van der Waals surface area contributed by atoms with E-state index in [4.69, 9.17) is 31.2 Å². The Balaban J connectivity index is 1.39. The van der Waals surface area contributed by atoms with Crippen molar-refractivity contribution < 1.29 is 19.4 Å². The van der Waals surface area contributed by atoms with Crippen LogP contribution in [-0.4, -0.2) is 36.4 Å². The highest BCUT2D eigenvalue weighted by Crippen LogP contribution is 2.40. The molecule has 0 spiro atoms. The lowest BCUT2D eigenvalue weighted by atomic mass is 9.80. The summed E-state index contributed by atoms with van der Waals surface area (Å²) in [5.74, 6) is 0.284. The third-order valence-electron chi connectivity index (χ3n) is 8.52. The molecule has 1 fully saturated rings. The van der Waals surface area contributed by atoms with Gasteiger partial charge in [-0.15, -0.1) is 0 Å². The summed E-state index contributed by atoms with van der Waals surface area (Å²) in [6.45, 7) is 0.971. The number of halogens is 1. The Morgan fingerprint density at radius 2 is 1.62 bits per heavy atom. The summed E-state index contributed by atoms with van der Waals surface area (Å²) in [6, 6.07) is 30.9. The molecular weight excluding hydrogens is 582 g/mol. The van der Waals surface area contributed by atoms with Crippen LogP contribution in [0.1, 0.15) is 49.1 Å². The second-order valence-corrected chi connectivity index (χ2v) is 11.9. The molecule has 228 valence electrons. The molecule has 4 aromatic carbocycles. The van der Waals surface area contributed by atoms with E-state index in [2.05, 4.69) is 48.5 Å².